The van der Waals surface area contributed by atoms with E-state index in [1.807, 2.05) is 6.07 Å². The van der Waals surface area contributed by atoms with Crippen LogP contribution < -0.4 is 0 Å². The maximum Gasteiger partial charge on any atom is 0.179 e. The van der Waals surface area contributed by atoms with Crippen molar-refractivity contribution in [1.29, 1.82) is 0 Å². The Morgan fingerprint density at radius 2 is 1.21 bits per heavy atom. The number of hydrogen-bond donors (Lipinski definition) is 0. The molecule has 3 aromatic rings. The van der Waals surface area contributed by atoms with Gasteiger partial charge < -0.3 is 0 Å². The monoisotopic (exact) mass is 496 g/mol. The number of thiophene rings is 1. The van der Waals surface area contributed by atoms with E-state index in [9.17, 15) is 8.42 Å². The Morgan fingerprint density at radius 1 is 0.706 bits per heavy atom. The largest absolute Gasteiger partial charge is 0.224 e. The maximum absolute atomic E-state index is 13.5. The first-order valence-corrected chi connectivity index (χ1v) is 15.3. The number of unbranched alkanes of at least 4 members (excludes halogenated alkanes) is 5. The lowest BCUT2D eigenvalue weighted by Gasteiger charge is -2.09. The number of hydrogen-bond acceptors (Lipinski definition) is 3. The summed E-state index contributed by atoms with van der Waals surface area (Å²) >= 11 is 1.59. The summed E-state index contributed by atoms with van der Waals surface area (Å²) in [6, 6.07) is 18.9. The molecule has 2 nitrogen and oxygen atoms in total. The quantitative estimate of drug-likeness (QED) is 0.234. The second-order valence-corrected chi connectivity index (χ2v) is 13.1. The maximum atomic E-state index is 13.5. The smallest absolute Gasteiger partial charge is 0.179 e. The fourth-order valence-electron chi connectivity index (χ4n) is 4.18. The lowest BCUT2D eigenvalue weighted by atomic mass is 10.0. The highest BCUT2D eigenvalue weighted by Gasteiger charge is 2.23. The second-order valence-electron chi connectivity index (χ2n) is 9.94. The predicted molar refractivity (Wildman–Crippen MR) is 149 cm³/mol. The van der Waals surface area contributed by atoms with Crippen molar-refractivity contribution >= 4 is 21.2 Å². The molecule has 0 aliphatic heterocycles. The SMILES string of the molecule is CCCCCCCCS(=O)(=O)c1cc(-c2ccc(C(C)C)cc2)sc1-c1ccc(C(C)C)cc1. The molecule has 0 N–H and O–H groups in total. The molecule has 2 aromatic carbocycles. The van der Waals surface area contributed by atoms with Crippen molar-refractivity contribution < 1.29 is 8.42 Å². The van der Waals surface area contributed by atoms with E-state index in [0.29, 0.717) is 16.7 Å². The van der Waals surface area contributed by atoms with Gasteiger partial charge in [0.15, 0.2) is 9.84 Å². The summed E-state index contributed by atoms with van der Waals surface area (Å²) in [6.07, 6.45) is 6.44. The Kier molecular flexibility index (Phi) is 9.56. The van der Waals surface area contributed by atoms with Gasteiger partial charge in [-0.3, -0.25) is 0 Å². The second kappa shape index (κ2) is 12.2. The fraction of sp³-hybridized carbons (Fsp3) is 0.467. The van der Waals surface area contributed by atoms with Crippen molar-refractivity contribution in [2.45, 2.75) is 89.9 Å². The molecule has 0 saturated carbocycles. The lowest BCUT2D eigenvalue weighted by Crippen LogP contribution is -2.07. The molecule has 0 fully saturated rings. The average molecular weight is 497 g/mol. The zero-order valence-electron chi connectivity index (χ0n) is 21.4. The van der Waals surface area contributed by atoms with Crippen LogP contribution in [0.5, 0.6) is 0 Å². The minimum absolute atomic E-state index is 0.221. The molecule has 1 aromatic heterocycles. The molecule has 0 unspecified atom stereocenters. The molecule has 0 saturated heterocycles. The minimum atomic E-state index is -3.36. The van der Waals surface area contributed by atoms with Crippen molar-refractivity contribution in [2.75, 3.05) is 5.75 Å². The molecule has 1 heterocycles. The van der Waals surface area contributed by atoms with Crippen LogP contribution in [-0.2, 0) is 9.84 Å². The van der Waals surface area contributed by atoms with Gasteiger partial charge in [0.25, 0.3) is 0 Å². The van der Waals surface area contributed by atoms with E-state index in [1.165, 1.54) is 30.4 Å². The van der Waals surface area contributed by atoms with Crippen molar-refractivity contribution in [2.24, 2.45) is 0 Å². The van der Waals surface area contributed by atoms with Gasteiger partial charge in [-0.25, -0.2) is 8.42 Å². The van der Waals surface area contributed by atoms with E-state index < -0.39 is 9.84 Å². The highest BCUT2D eigenvalue weighted by molar-refractivity contribution is 7.91. The van der Waals surface area contributed by atoms with Crippen molar-refractivity contribution in [3.8, 4) is 20.9 Å². The summed E-state index contributed by atoms with van der Waals surface area (Å²) in [7, 11) is -3.36. The summed E-state index contributed by atoms with van der Waals surface area (Å²) in [4.78, 5) is 2.37. The molecular formula is C30H40O2S2. The van der Waals surface area contributed by atoms with Crippen LogP contribution in [0.1, 0.15) is 96.1 Å². The number of sulfone groups is 1. The summed E-state index contributed by atoms with van der Waals surface area (Å²) in [6.45, 7) is 10.9. The van der Waals surface area contributed by atoms with Crippen LogP contribution in [0.2, 0.25) is 0 Å². The van der Waals surface area contributed by atoms with Gasteiger partial charge in [-0.15, -0.1) is 11.3 Å². The molecule has 0 atom stereocenters. The fourth-order valence-corrected chi connectivity index (χ4v) is 7.33. The first-order valence-electron chi connectivity index (χ1n) is 12.8. The normalized spacial score (nSPS) is 12.1. The first-order chi connectivity index (χ1) is 16.2. The van der Waals surface area contributed by atoms with Gasteiger partial charge in [0.2, 0.25) is 0 Å². The Labute approximate surface area is 211 Å². The summed E-state index contributed by atoms with van der Waals surface area (Å²) in [5, 5.41) is 0. The average Bonchev–Trinajstić information content (AvgIpc) is 3.28. The van der Waals surface area contributed by atoms with Crippen molar-refractivity contribution in [3.05, 3.63) is 65.7 Å². The van der Waals surface area contributed by atoms with Crippen LogP contribution in [0.4, 0.5) is 0 Å². The Hall–Kier alpha value is -1.91. The Balaban J connectivity index is 1.94. The van der Waals surface area contributed by atoms with E-state index in [-0.39, 0.29) is 5.75 Å². The summed E-state index contributed by atoms with van der Waals surface area (Å²) < 4.78 is 27.0. The third-order valence-electron chi connectivity index (χ3n) is 6.50. The highest BCUT2D eigenvalue weighted by atomic mass is 32.2. The number of rotatable bonds is 12. The molecule has 3 rings (SSSR count). The summed E-state index contributed by atoms with van der Waals surface area (Å²) in [5.74, 6) is 1.14. The first kappa shape index (κ1) is 26.7. The van der Waals surface area contributed by atoms with E-state index in [4.69, 9.17) is 0 Å². The third kappa shape index (κ3) is 6.82. The van der Waals surface area contributed by atoms with Gasteiger partial charge >= 0.3 is 0 Å². The van der Waals surface area contributed by atoms with Crippen LogP contribution in [-0.4, -0.2) is 14.2 Å². The summed E-state index contributed by atoms with van der Waals surface area (Å²) in [5.41, 5.74) is 4.62. The van der Waals surface area contributed by atoms with E-state index in [1.54, 1.807) is 11.3 Å². The van der Waals surface area contributed by atoms with E-state index >= 15 is 0 Å². The lowest BCUT2D eigenvalue weighted by molar-refractivity contribution is 0.584. The van der Waals surface area contributed by atoms with Crippen LogP contribution in [0.15, 0.2) is 59.5 Å². The molecule has 0 radical (unpaired) electrons. The van der Waals surface area contributed by atoms with Crippen LogP contribution in [0.25, 0.3) is 20.9 Å². The molecule has 0 aliphatic rings. The van der Waals surface area contributed by atoms with Gasteiger partial charge in [-0.05, 0) is 46.6 Å². The van der Waals surface area contributed by atoms with Gasteiger partial charge in [-0.2, -0.15) is 0 Å². The number of benzene rings is 2. The van der Waals surface area contributed by atoms with E-state index in [0.717, 1.165) is 40.1 Å². The molecule has 0 amide bonds. The minimum Gasteiger partial charge on any atom is -0.224 e. The third-order valence-corrected chi connectivity index (χ3v) is 9.68. The molecule has 4 heteroatoms. The van der Waals surface area contributed by atoms with E-state index in [2.05, 4.69) is 83.1 Å². The zero-order chi connectivity index (χ0) is 24.7. The zero-order valence-corrected chi connectivity index (χ0v) is 23.1. The standard InChI is InChI=1S/C30H40O2S2/c1-6-7-8-9-10-11-20-34(31,32)29-21-28(26-16-12-24(13-17-26)22(2)3)33-30(29)27-18-14-25(15-19-27)23(4)5/h12-19,21-23H,6-11,20H2,1-5H3. The molecule has 184 valence electrons. The molecule has 34 heavy (non-hydrogen) atoms. The van der Waals surface area contributed by atoms with Gasteiger partial charge in [0.1, 0.15) is 0 Å². The van der Waals surface area contributed by atoms with Gasteiger partial charge in [0, 0.05) is 4.88 Å². The van der Waals surface area contributed by atoms with Crippen molar-refractivity contribution in [3.63, 3.8) is 0 Å². The molecule has 0 spiro atoms. The molecular weight excluding hydrogens is 456 g/mol. The topological polar surface area (TPSA) is 34.1 Å². The van der Waals surface area contributed by atoms with Gasteiger partial charge in [0.05, 0.1) is 15.5 Å². The van der Waals surface area contributed by atoms with Crippen molar-refractivity contribution in [1.82, 2.24) is 0 Å². The van der Waals surface area contributed by atoms with Crippen LogP contribution in [0.3, 0.4) is 0 Å². The van der Waals surface area contributed by atoms with Crippen LogP contribution in [0, 0.1) is 0 Å². The molecule has 0 aliphatic carbocycles. The molecule has 0 bridgehead atoms. The Morgan fingerprint density at radius 3 is 1.74 bits per heavy atom. The van der Waals surface area contributed by atoms with Gasteiger partial charge in [-0.1, -0.05) is 115 Å². The predicted octanol–water partition coefficient (Wildman–Crippen LogP) is 9.46. The van der Waals surface area contributed by atoms with Crippen LogP contribution >= 0.6 is 11.3 Å². The highest BCUT2D eigenvalue weighted by Crippen LogP contribution is 2.41. The Bertz CT molecular complexity index is 1140.